The highest BCUT2D eigenvalue weighted by Gasteiger charge is 2.26. The first-order chi connectivity index (χ1) is 73.3. The summed E-state index contributed by atoms with van der Waals surface area (Å²) in [7, 11) is 0. The largest absolute Gasteiger partial charge is 0.0622 e. The Bertz CT molecular complexity index is 9690. The molecular formula is C148H100. The van der Waals surface area contributed by atoms with Gasteiger partial charge in [0.05, 0.1) is 0 Å². The van der Waals surface area contributed by atoms with E-state index in [1.165, 1.54) is 284 Å². The second-order valence-electron chi connectivity index (χ2n) is 39.0. The Balaban J connectivity index is 0.000000100. The Morgan fingerprint density at radius 2 is 0.277 bits per heavy atom. The highest BCUT2D eigenvalue weighted by atomic mass is 14.3. The lowest BCUT2D eigenvalue weighted by atomic mass is 9.81. The summed E-state index contributed by atoms with van der Waals surface area (Å²) < 4.78 is 0. The molecular weight excluding hydrogens is 1780 g/mol. The maximum atomic E-state index is 2.34. The molecule has 0 radical (unpaired) electrons. The molecule has 0 atom stereocenters. The zero-order valence-electron chi connectivity index (χ0n) is 82.3. The molecule has 0 nitrogen and oxygen atoms in total. The van der Waals surface area contributed by atoms with Crippen LogP contribution in [-0.2, 0) is 0 Å². The average molecular weight is 1880 g/mol. The van der Waals surface area contributed by atoms with Gasteiger partial charge in [0.2, 0.25) is 0 Å². The zero-order chi connectivity index (χ0) is 98.5. The third-order valence-electron chi connectivity index (χ3n) is 30.5. The normalized spacial score (nSPS) is 11.4. The fourth-order valence-corrected chi connectivity index (χ4v) is 23.7. The van der Waals surface area contributed by atoms with Gasteiger partial charge >= 0.3 is 0 Å². The summed E-state index contributed by atoms with van der Waals surface area (Å²) in [6, 6.07) is 207. The van der Waals surface area contributed by atoms with E-state index < -0.39 is 0 Å². The fourth-order valence-electron chi connectivity index (χ4n) is 23.7. The Kier molecular flexibility index (Phi) is 23.3. The van der Waals surface area contributed by atoms with Crippen molar-refractivity contribution >= 4 is 151 Å². The van der Waals surface area contributed by atoms with Gasteiger partial charge < -0.3 is 0 Å². The highest BCUT2D eigenvalue weighted by Crippen LogP contribution is 2.53. The van der Waals surface area contributed by atoms with Crippen LogP contribution in [0.1, 0.15) is 11.1 Å². The molecule has 29 aromatic rings. The molecule has 29 aromatic carbocycles. The quantitative estimate of drug-likeness (QED) is 0.113. The number of aryl methyl sites for hydroxylation is 2. The van der Waals surface area contributed by atoms with Crippen molar-refractivity contribution < 1.29 is 0 Å². The second kappa shape index (κ2) is 38.7. The van der Waals surface area contributed by atoms with Crippen molar-refractivity contribution in [2.24, 2.45) is 0 Å². The molecule has 0 aliphatic heterocycles. The van der Waals surface area contributed by atoms with Crippen LogP contribution in [0.5, 0.6) is 0 Å². The topological polar surface area (TPSA) is 0 Å². The maximum absolute atomic E-state index is 2.34. The van der Waals surface area contributed by atoms with E-state index >= 15 is 0 Å². The van der Waals surface area contributed by atoms with Crippen LogP contribution in [0, 0.1) is 13.8 Å². The van der Waals surface area contributed by atoms with E-state index in [0.29, 0.717) is 0 Å². The van der Waals surface area contributed by atoms with Crippen LogP contribution in [-0.4, -0.2) is 0 Å². The van der Waals surface area contributed by atoms with Crippen molar-refractivity contribution in [2.75, 3.05) is 0 Å². The van der Waals surface area contributed by atoms with E-state index in [-0.39, 0.29) is 0 Å². The van der Waals surface area contributed by atoms with Gasteiger partial charge in [0.15, 0.2) is 0 Å². The van der Waals surface area contributed by atoms with Gasteiger partial charge in [-0.1, -0.05) is 558 Å². The molecule has 29 rings (SSSR count). The molecule has 0 aliphatic carbocycles. The maximum Gasteiger partial charge on any atom is -0.00175 e. The first-order valence-corrected chi connectivity index (χ1v) is 51.4. The van der Waals surface area contributed by atoms with E-state index in [9.17, 15) is 0 Å². The van der Waals surface area contributed by atoms with Crippen LogP contribution in [0.25, 0.3) is 273 Å². The van der Waals surface area contributed by atoms with E-state index in [0.717, 1.165) is 0 Å². The number of hydrogen-bond acceptors (Lipinski definition) is 0. The van der Waals surface area contributed by atoms with Gasteiger partial charge in [-0.25, -0.2) is 0 Å². The van der Waals surface area contributed by atoms with E-state index in [4.69, 9.17) is 0 Å². The van der Waals surface area contributed by atoms with Crippen LogP contribution in [0.3, 0.4) is 0 Å². The SMILES string of the molecule is Cc1ccc2ccccc2c1-c1c2ccccc2c(-c2c(C)ccc3ccccc23)c2ccccc12.c1ccc(-c2ccc(-c3c4ccccc4c(-c4ccc(-c5ccccc5)cc4)c4ccccc34)cc2)cc1.c1ccc2cc(-c3c4ccccc4c(-c4ccc(-c5cccc6ccccc56)cc4)c4ccccc34)ccc2c1.c1ccc2cc(-c3c4ccccc4c(-c4cccc5ccccc45)c4ccccc34)ccc2c1. The van der Waals surface area contributed by atoms with Gasteiger partial charge in [-0.2, -0.15) is 0 Å². The summed E-state index contributed by atoms with van der Waals surface area (Å²) in [5.74, 6) is 0. The first-order valence-electron chi connectivity index (χ1n) is 51.4. The molecule has 0 aliphatic rings. The van der Waals surface area contributed by atoms with Crippen LogP contribution < -0.4 is 0 Å². The van der Waals surface area contributed by atoms with Gasteiger partial charge in [-0.3, -0.25) is 0 Å². The minimum Gasteiger partial charge on any atom is -0.0622 e. The number of hydrogen-bond donors (Lipinski definition) is 0. The molecule has 148 heavy (non-hydrogen) atoms. The van der Waals surface area contributed by atoms with Crippen LogP contribution in [0.4, 0.5) is 0 Å². The summed E-state index contributed by atoms with van der Waals surface area (Å²) in [5.41, 5.74) is 30.7. The summed E-state index contributed by atoms with van der Waals surface area (Å²) in [5, 5.41) is 36.0. The average Bonchev–Trinajstić information content (AvgIpc) is 0.719. The monoisotopic (exact) mass is 1880 g/mol. The number of benzene rings is 29. The van der Waals surface area contributed by atoms with Gasteiger partial charge in [-0.15, -0.1) is 0 Å². The lowest BCUT2D eigenvalue weighted by Gasteiger charge is -2.21. The van der Waals surface area contributed by atoms with Gasteiger partial charge in [0.25, 0.3) is 0 Å². The molecule has 0 N–H and O–H groups in total. The second-order valence-corrected chi connectivity index (χ2v) is 39.0. The van der Waals surface area contributed by atoms with Crippen molar-refractivity contribution in [1.82, 2.24) is 0 Å². The van der Waals surface area contributed by atoms with Gasteiger partial charge in [0.1, 0.15) is 0 Å². The lowest BCUT2D eigenvalue weighted by molar-refractivity contribution is 1.49. The minimum absolute atomic E-state index is 1.23. The predicted octanol–water partition coefficient (Wildman–Crippen LogP) is 41.8. The van der Waals surface area contributed by atoms with Crippen molar-refractivity contribution in [1.29, 1.82) is 0 Å². The minimum atomic E-state index is 1.23. The van der Waals surface area contributed by atoms with Crippen molar-refractivity contribution in [3.05, 3.63) is 581 Å². The molecule has 0 bridgehead atoms. The van der Waals surface area contributed by atoms with Gasteiger partial charge in [-0.05, 0) is 310 Å². The number of rotatable bonds is 11. The fraction of sp³-hybridized carbons (Fsp3) is 0.0135. The van der Waals surface area contributed by atoms with Crippen LogP contribution in [0.2, 0.25) is 0 Å². The van der Waals surface area contributed by atoms with E-state index in [1.54, 1.807) is 0 Å². The summed E-state index contributed by atoms with van der Waals surface area (Å²) in [4.78, 5) is 0. The molecule has 0 heterocycles. The standard InChI is InChI=1S/C40H26.C38H26.C36H26.C34H22/c1-2-12-31-26-32(25-20-27(31)10-1)40-37-17-7-5-15-35(37)39(36-16-6-8-18-38(36)40)30-23-21-29(22-24-30)34-19-9-13-28-11-3-4-14-33(28)34;1-3-11-27(12-4-1)29-19-23-31(24-20-29)37-33-15-7-9-17-35(33)38(36-18-10-8-16-34(36)37)32-25-21-30(22-26-32)28-13-5-2-6-14-28;1-23-19-21-25-11-3-5-13-27(25)33(23)35-29-15-7-9-17-31(29)36(32-18-10-8-16-30(32)35)34-24(2)20-22-26-12-4-6-14-28(26)34;1-2-12-25-22-26(21-20-23(25)10-1)33-29-15-5-7-17-31(29)34(32-18-8-6-16-30(32)33)28-19-9-13-24-11-3-4-14-27(24)28/h1-26H;1-26H;3-22H,1-2H3;1-22H. The molecule has 0 fully saturated rings. The molecule has 0 aromatic heterocycles. The molecule has 0 heteroatoms. The lowest BCUT2D eigenvalue weighted by Crippen LogP contribution is -1.95. The summed E-state index contributed by atoms with van der Waals surface area (Å²) in [6.45, 7) is 4.49. The molecule has 0 spiro atoms. The summed E-state index contributed by atoms with van der Waals surface area (Å²) >= 11 is 0. The molecule has 0 saturated carbocycles. The Morgan fingerprint density at radius 1 is 0.0878 bits per heavy atom. The molecule has 692 valence electrons. The van der Waals surface area contributed by atoms with E-state index in [2.05, 4.69) is 584 Å². The highest BCUT2D eigenvalue weighted by molar-refractivity contribution is 6.29. The molecule has 0 saturated heterocycles. The summed E-state index contributed by atoms with van der Waals surface area (Å²) in [6.07, 6.45) is 0. The predicted molar refractivity (Wildman–Crippen MR) is 640 cm³/mol. The third-order valence-corrected chi connectivity index (χ3v) is 30.5. The Hall–Kier alpha value is -19.0. The van der Waals surface area contributed by atoms with E-state index in [1.807, 2.05) is 0 Å². The molecule has 0 amide bonds. The van der Waals surface area contributed by atoms with Crippen LogP contribution >= 0.6 is 0 Å². The Morgan fingerprint density at radius 3 is 0.588 bits per heavy atom. The molecule has 0 unspecified atom stereocenters. The van der Waals surface area contributed by atoms with Crippen molar-refractivity contribution in [3.63, 3.8) is 0 Å². The van der Waals surface area contributed by atoms with Crippen molar-refractivity contribution in [3.8, 4) is 122 Å². The first kappa shape index (κ1) is 89.1. The van der Waals surface area contributed by atoms with Crippen LogP contribution in [0.15, 0.2) is 570 Å². The Labute approximate surface area is 862 Å². The third kappa shape index (κ3) is 16.2. The zero-order valence-corrected chi connectivity index (χ0v) is 82.3. The number of fused-ring (bicyclic) bond motifs is 14. The smallest absolute Gasteiger partial charge is 0.00175 e. The van der Waals surface area contributed by atoms with Gasteiger partial charge in [0, 0.05) is 0 Å². The van der Waals surface area contributed by atoms with Crippen molar-refractivity contribution in [2.45, 2.75) is 13.8 Å².